The molecule has 1 aliphatic carbocycles. The second kappa shape index (κ2) is 2.86. The number of fused-ring (bicyclic) bond motifs is 1. The Bertz CT molecular complexity index is 506. The number of aryl methyl sites for hydroxylation is 1. The Labute approximate surface area is 89.5 Å². The quantitative estimate of drug-likeness (QED) is 0.769. The van der Waals surface area contributed by atoms with Gasteiger partial charge in [-0.25, -0.2) is 0 Å². The van der Waals surface area contributed by atoms with Crippen LogP contribution in [0.3, 0.4) is 0 Å². The third-order valence-electron chi connectivity index (χ3n) is 3.50. The highest BCUT2D eigenvalue weighted by Gasteiger charge is 2.41. The summed E-state index contributed by atoms with van der Waals surface area (Å²) in [6.07, 6.45) is 5.41. The van der Waals surface area contributed by atoms with Gasteiger partial charge in [0.1, 0.15) is 0 Å². The Morgan fingerprint density at radius 3 is 2.87 bits per heavy atom. The summed E-state index contributed by atoms with van der Waals surface area (Å²) < 4.78 is 0. The topological polar surface area (TPSA) is 41.8 Å². The summed E-state index contributed by atoms with van der Waals surface area (Å²) in [5.74, 6) is 0. The zero-order chi connectivity index (χ0) is 10.5. The molecule has 1 aromatic carbocycles. The van der Waals surface area contributed by atoms with Gasteiger partial charge in [0.25, 0.3) is 0 Å². The van der Waals surface area contributed by atoms with Gasteiger partial charge in [0, 0.05) is 22.6 Å². The van der Waals surface area contributed by atoms with E-state index in [2.05, 4.69) is 36.3 Å². The average Bonchev–Trinajstić information content (AvgIpc) is 2.84. The number of aromatic nitrogens is 1. The second-order valence-electron chi connectivity index (χ2n) is 4.55. The molecule has 1 fully saturated rings. The van der Waals surface area contributed by atoms with E-state index in [1.807, 2.05) is 0 Å². The van der Waals surface area contributed by atoms with E-state index in [9.17, 15) is 0 Å². The van der Waals surface area contributed by atoms with Crippen molar-refractivity contribution < 1.29 is 0 Å². The lowest BCUT2D eigenvalue weighted by Crippen LogP contribution is -2.18. The minimum Gasteiger partial charge on any atom is -0.361 e. The molecule has 3 rings (SSSR count). The molecule has 2 nitrogen and oxygen atoms in total. The molecule has 0 aliphatic heterocycles. The molecule has 1 aromatic heterocycles. The van der Waals surface area contributed by atoms with Crippen molar-refractivity contribution in [3.63, 3.8) is 0 Å². The zero-order valence-corrected chi connectivity index (χ0v) is 9.01. The van der Waals surface area contributed by atoms with Gasteiger partial charge in [0.2, 0.25) is 0 Å². The van der Waals surface area contributed by atoms with Crippen LogP contribution in [0.15, 0.2) is 24.4 Å². The molecule has 15 heavy (non-hydrogen) atoms. The van der Waals surface area contributed by atoms with Crippen LogP contribution >= 0.6 is 0 Å². The van der Waals surface area contributed by atoms with Crippen LogP contribution in [0, 0.1) is 0 Å². The Hall–Kier alpha value is -1.28. The maximum absolute atomic E-state index is 6.28. The summed E-state index contributed by atoms with van der Waals surface area (Å²) in [7, 11) is 0. The molecule has 0 amide bonds. The molecule has 3 N–H and O–H groups in total. The number of rotatable bonds is 2. The molecule has 1 aliphatic rings. The van der Waals surface area contributed by atoms with Crippen LogP contribution in [0.25, 0.3) is 10.9 Å². The first-order chi connectivity index (χ1) is 7.24. The zero-order valence-electron chi connectivity index (χ0n) is 9.01. The van der Waals surface area contributed by atoms with E-state index in [1.165, 1.54) is 22.0 Å². The van der Waals surface area contributed by atoms with Crippen molar-refractivity contribution in [3.8, 4) is 0 Å². The van der Waals surface area contributed by atoms with Crippen LogP contribution < -0.4 is 5.73 Å². The van der Waals surface area contributed by atoms with Gasteiger partial charge in [0.15, 0.2) is 0 Å². The third-order valence-corrected chi connectivity index (χ3v) is 3.50. The SMILES string of the molecule is CCc1cccc2[nH]cc(C3(N)CC3)c12. The monoisotopic (exact) mass is 200 g/mol. The second-order valence-corrected chi connectivity index (χ2v) is 4.55. The number of nitrogens with one attached hydrogen (secondary N) is 1. The molecule has 0 saturated heterocycles. The fourth-order valence-corrected chi connectivity index (χ4v) is 2.35. The van der Waals surface area contributed by atoms with Crippen molar-refractivity contribution in [2.24, 2.45) is 5.73 Å². The molecular weight excluding hydrogens is 184 g/mol. The minimum absolute atomic E-state index is 0.0382. The smallest absolute Gasteiger partial charge is 0.0460 e. The highest BCUT2D eigenvalue weighted by molar-refractivity contribution is 5.88. The number of benzene rings is 1. The standard InChI is InChI=1S/C13H16N2/c1-2-9-4-3-5-11-12(9)10(8-15-11)13(14)6-7-13/h3-5,8,15H,2,6-7,14H2,1H3. The molecule has 2 heteroatoms. The van der Waals surface area contributed by atoms with Crippen molar-refractivity contribution in [3.05, 3.63) is 35.5 Å². The molecule has 78 valence electrons. The van der Waals surface area contributed by atoms with E-state index < -0.39 is 0 Å². The fraction of sp³-hybridized carbons (Fsp3) is 0.385. The lowest BCUT2D eigenvalue weighted by molar-refractivity contribution is 0.747. The lowest BCUT2D eigenvalue weighted by Gasteiger charge is -2.09. The lowest BCUT2D eigenvalue weighted by atomic mass is 9.99. The van der Waals surface area contributed by atoms with Crippen molar-refractivity contribution in [2.75, 3.05) is 0 Å². The van der Waals surface area contributed by atoms with Gasteiger partial charge in [-0.05, 0) is 36.5 Å². The predicted octanol–water partition coefficient (Wildman–Crippen LogP) is 2.68. The van der Waals surface area contributed by atoms with Crippen LogP contribution in [-0.2, 0) is 12.0 Å². The van der Waals surface area contributed by atoms with E-state index in [4.69, 9.17) is 5.73 Å². The van der Waals surface area contributed by atoms with E-state index in [0.29, 0.717) is 0 Å². The first-order valence-corrected chi connectivity index (χ1v) is 5.63. The third kappa shape index (κ3) is 1.21. The largest absolute Gasteiger partial charge is 0.361 e. The van der Waals surface area contributed by atoms with Gasteiger partial charge in [-0.1, -0.05) is 19.1 Å². The van der Waals surface area contributed by atoms with Crippen molar-refractivity contribution in [2.45, 2.75) is 31.7 Å². The molecule has 0 bridgehead atoms. The number of hydrogen-bond acceptors (Lipinski definition) is 1. The Kier molecular flexibility index (Phi) is 1.71. The first kappa shape index (κ1) is 8.98. The fourth-order valence-electron chi connectivity index (χ4n) is 2.35. The van der Waals surface area contributed by atoms with Gasteiger partial charge < -0.3 is 10.7 Å². The molecule has 1 saturated carbocycles. The summed E-state index contributed by atoms with van der Waals surface area (Å²) in [6.45, 7) is 2.20. The van der Waals surface area contributed by atoms with E-state index >= 15 is 0 Å². The summed E-state index contributed by atoms with van der Waals surface area (Å²) in [4.78, 5) is 3.33. The number of H-pyrrole nitrogens is 1. The normalized spacial score (nSPS) is 18.3. The van der Waals surface area contributed by atoms with Crippen molar-refractivity contribution in [1.29, 1.82) is 0 Å². The number of aromatic amines is 1. The molecule has 0 atom stereocenters. The van der Waals surface area contributed by atoms with Gasteiger partial charge in [0.05, 0.1) is 0 Å². The van der Waals surface area contributed by atoms with Gasteiger partial charge in [-0.15, -0.1) is 0 Å². The summed E-state index contributed by atoms with van der Waals surface area (Å²) in [5.41, 5.74) is 10.2. The summed E-state index contributed by atoms with van der Waals surface area (Å²) in [6, 6.07) is 6.44. The first-order valence-electron chi connectivity index (χ1n) is 5.63. The maximum atomic E-state index is 6.28. The van der Waals surface area contributed by atoms with E-state index in [1.54, 1.807) is 0 Å². The molecule has 0 spiro atoms. The molecule has 2 aromatic rings. The van der Waals surface area contributed by atoms with E-state index in [0.717, 1.165) is 19.3 Å². The van der Waals surface area contributed by atoms with Crippen LogP contribution in [0.4, 0.5) is 0 Å². The number of hydrogen-bond donors (Lipinski definition) is 2. The van der Waals surface area contributed by atoms with E-state index in [-0.39, 0.29) is 5.54 Å². The van der Waals surface area contributed by atoms with Crippen molar-refractivity contribution >= 4 is 10.9 Å². The Morgan fingerprint density at radius 2 is 2.20 bits per heavy atom. The molecular formula is C13H16N2. The number of nitrogens with two attached hydrogens (primary N) is 1. The minimum atomic E-state index is -0.0382. The summed E-state index contributed by atoms with van der Waals surface area (Å²) >= 11 is 0. The highest BCUT2D eigenvalue weighted by Crippen LogP contribution is 2.46. The van der Waals surface area contributed by atoms with Crippen molar-refractivity contribution in [1.82, 2.24) is 4.98 Å². The van der Waals surface area contributed by atoms with Crippen LogP contribution in [0.2, 0.25) is 0 Å². The predicted molar refractivity (Wildman–Crippen MR) is 62.8 cm³/mol. The van der Waals surface area contributed by atoms with Gasteiger partial charge in [-0.2, -0.15) is 0 Å². The van der Waals surface area contributed by atoms with Gasteiger partial charge >= 0.3 is 0 Å². The summed E-state index contributed by atoms with van der Waals surface area (Å²) in [5, 5.41) is 1.36. The van der Waals surface area contributed by atoms with Gasteiger partial charge in [-0.3, -0.25) is 0 Å². The average molecular weight is 200 g/mol. The molecule has 0 unspecified atom stereocenters. The molecule has 1 heterocycles. The Morgan fingerprint density at radius 1 is 1.40 bits per heavy atom. The van der Waals surface area contributed by atoms with Crippen LogP contribution in [0.1, 0.15) is 30.9 Å². The molecule has 0 radical (unpaired) electrons. The Balaban J connectivity index is 2.31. The van der Waals surface area contributed by atoms with Crippen LogP contribution in [-0.4, -0.2) is 4.98 Å². The maximum Gasteiger partial charge on any atom is 0.0460 e. The highest BCUT2D eigenvalue weighted by atomic mass is 14.8. The van der Waals surface area contributed by atoms with Crippen LogP contribution in [0.5, 0.6) is 0 Å².